The van der Waals surface area contributed by atoms with Gasteiger partial charge >= 0.3 is 0 Å². The maximum absolute atomic E-state index is 11.7. The van der Waals surface area contributed by atoms with E-state index in [1.807, 2.05) is 18.2 Å². The Hall–Kier alpha value is -1.50. The lowest BCUT2D eigenvalue weighted by Crippen LogP contribution is -2.31. The molecule has 1 aromatic rings. The van der Waals surface area contributed by atoms with Gasteiger partial charge in [0.05, 0.1) is 12.5 Å². The number of halogens is 1. The fourth-order valence-corrected chi connectivity index (χ4v) is 1.94. The highest BCUT2D eigenvalue weighted by molar-refractivity contribution is 5.85. The number of amides is 1. The second-order valence-electron chi connectivity index (χ2n) is 4.55. The molecule has 21 heavy (non-hydrogen) atoms. The number of methoxy groups -OCH3 is 1. The van der Waals surface area contributed by atoms with Crippen LogP contribution in [0.2, 0.25) is 0 Å². The summed E-state index contributed by atoms with van der Waals surface area (Å²) in [6.45, 7) is 1.89. The lowest BCUT2D eigenvalue weighted by atomic mass is 10.2. The van der Waals surface area contributed by atoms with Gasteiger partial charge in [0, 0.05) is 20.2 Å². The summed E-state index contributed by atoms with van der Waals surface area (Å²) in [7, 11) is 1.55. The van der Waals surface area contributed by atoms with Crippen molar-refractivity contribution in [1.82, 2.24) is 5.32 Å². The van der Waals surface area contributed by atoms with Gasteiger partial charge in [0.1, 0.15) is 13.2 Å². The minimum Gasteiger partial charge on any atom is -0.486 e. The monoisotopic (exact) mass is 316 g/mol. The van der Waals surface area contributed by atoms with E-state index in [0.29, 0.717) is 26.3 Å². The van der Waals surface area contributed by atoms with E-state index in [4.69, 9.17) is 19.9 Å². The molecule has 1 amide bonds. The Bertz CT molecular complexity index is 466. The first-order valence-corrected chi connectivity index (χ1v) is 6.61. The standard InChI is InChI=1S/C14H20N2O4.ClH/c1-18-11(8-15)7-14(17)16-9-10-2-3-12-13(6-10)20-5-4-19-12;/h2-3,6,11H,4-5,7-9,15H2,1H3,(H,16,17);1H. The highest BCUT2D eigenvalue weighted by Gasteiger charge is 2.13. The number of rotatable bonds is 6. The highest BCUT2D eigenvalue weighted by atomic mass is 35.5. The van der Waals surface area contributed by atoms with Gasteiger partial charge in [0.25, 0.3) is 0 Å². The van der Waals surface area contributed by atoms with Crippen LogP contribution in [0.3, 0.4) is 0 Å². The Morgan fingerprint density at radius 2 is 2.10 bits per heavy atom. The predicted octanol–water partition coefficient (Wildman–Crippen LogP) is 0.860. The first-order chi connectivity index (χ1) is 9.72. The molecule has 1 aliphatic rings. The van der Waals surface area contributed by atoms with E-state index < -0.39 is 0 Å². The molecule has 6 nitrogen and oxygen atoms in total. The van der Waals surface area contributed by atoms with E-state index >= 15 is 0 Å². The molecule has 0 fully saturated rings. The highest BCUT2D eigenvalue weighted by Crippen LogP contribution is 2.30. The van der Waals surface area contributed by atoms with Crippen molar-refractivity contribution in [3.63, 3.8) is 0 Å². The number of hydrogen-bond donors (Lipinski definition) is 2. The number of carbonyl (C=O) groups is 1. The van der Waals surface area contributed by atoms with Crippen molar-refractivity contribution >= 4 is 18.3 Å². The predicted molar refractivity (Wildman–Crippen MR) is 81.0 cm³/mol. The van der Waals surface area contributed by atoms with Crippen LogP contribution >= 0.6 is 12.4 Å². The number of nitrogens with one attached hydrogen (secondary N) is 1. The summed E-state index contributed by atoms with van der Waals surface area (Å²) in [5, 5.41) is 2.83. The minimum atomic E-state index is -0.240. The van der Waals surface area contributed by atoms with Crippen molar-refractivity contribution in [2.75, 3.05) is 26.9 Å². The van der Waals surface area contributed by atoms with E-state index in [9.17, 15) is 4.79 Å². The molecule has 0 aliphatic carbocycles. The van der Waals surface area contributed by atoms with Crippen molar-refractivity contribution in [2.45, 2.75) is 19.1 Å². The quantitative estimate of drug-likeness (QED) is 0.813. The summed E-state index contributed by atoms with van der Waals surface area (Å²) >= 11 is 0. The molecule has 0 radical (unpaired) electrons. The Kier molecular flexibility index (Phi) is 7.28. The third-order valence-corrected chi connectivity index (χ3v) is 3.11. The minimum absolute atomic E-state index is 0. The van der Waals surface area contributed by atoms with Gasteiger partial charge in [-0.05, 0) is 17.7 Å². The van der Waals surface area contributed by atoms with Crippen LogP contribution in [0.4, 0.5) is 0 Å². The van der Waals surface area contributed by atoms with Crippen LogP contribution < -0.4 is 20.5 Å². The number of carbonyl (C=O) groups excluding carboxylic acids is 1. The molecule has 1 atom stereocenters. The topological polar surface area (TPSA) is 82.8 Å². The Balaban J connectivity index is 0.00000220. The van der Waals surface area contributed by atoms with Crippen LogP contribution in [0.5, 0.6) is 11.5 Å². The summed E-state index contributed by atoms with van der Waals surface area (Å²) < 4.78 is 16.0. The van der Waals surface area contributed by atoms with Gasteiger partial charge in [-0.3, -0.25) is 4.79 Å². The molecule has 0 bridgehead atoms. The number of benzene rings is 1. The first kappa shape index (κ1) is 17.6. The van der Waals surface area contributed by atoms with Crippen LogP contribution in [0.1, 0.15) is 12.0 Å². The fraction of sp³-hybridized carbons (Fsp3) is 0.500. The second-order valence-corrected chi connectivity index (χ2v) is 4.55. The molecule has 7 heteroatoms. The van der Waals surface area contributed by atoms with Crippen LogP contribution in [-0.2, 0) is 16.1 Å². The zero-order chi connectivity index (χ0) is 14.4. The Morgan fingerprint density at radius 1 is 1.38 bits per heavy atom. The van der Waals surface area contributed by atoms with Crippen molar-refractivity contribution in [3.05, 3.63) is 23.8 Å². The van der Waals surface area contributed by atoms with Gasteiger partial charge < -0.3 is 25.3 Å². The van der Waals surface area contributed by atoms with Gasteiger partial charge in [0.15, 0.2) is 11.5 Å². The third kappa shape index (κ3) is 5.08. The zero-order valence-corrected chi connectivity index (χ0v) is 12.8. The normalized spacial score (nSPS) is 14.0. The molecule has 3 N–H and O–H groups in total. The molecule has 1 aromatic carbocycles. The van der Waals surface area contributed by atoms with Gasteiger partial charge in [-0.1, -0.05) is 6.07 Å². The lowest BCUT2D eigenvalue weighted by Gasteiger charge is -2.19. The summed E-state index contributed by atoms with van der Waals surface area (Å²) in [4.78, 5) is 11.7. The molecule has 1 aliphatic heterocycles. The Morgan fingerprint density at radius 3 is 2.76 bits per heavy atom. The van der Waals surface area contributed by atoms with Crippen molar-refractivity contribution < 1.29 is 19.0 Å². The zero-order valence-electron chi connectivity index (χ0n) is 12.0. The number of ether oxygens (including phenoxy) is 3. The van der Waals surface area contributed by atoms with E-state index in [-0.39, 0.29) is 30.8 Å². The van der Waals surface area contributed by atoms with Crippen molar-refractivity contribution in [1.29, 1.82) is 0 Å². The van der Waals surface area contributed by atoms with Gasteiger partial charge in [-0.15, -0.1) is 12.4 Å². The molecule has 0 aromatic heterocycles. The average molecular weight is 317 g/mol. The largest absolute Gasteiger partial charge is 0.486 e. The molecule has 1 unspecified atom stereocenters. The molecule has 1 heterocycles. The fourth-order valence-electron chi connectivity index (χ4n) is 1.94. The van der Waals surface area contributed by atoms with Crippen LogP contribution in [0.15, 0.2) is 18.2 Å². The van der Waals surface area contributed by atoms with Crippen molar-refractivity contribution in [2.24, 2.45) is 5.73 Å². The molecule has 0 saturated heterocycles. The first-order valence-electron chi connectivity index (χ1n) is 6.61. The average Bonchev–Trinajstić information content (AvgIpc) is 2.50. The summed E-state index contributed by atoms with van der Waals surface area (Å²) in [6, 6.07) is 5.64. The maximum Gasteiger partial charge on any atom is 0.222 e. The summed E-state index contributed by atoms with van der Waals surface area (Å²) in [5.41, 5.74) is 6.44. The number of nitrogens with two attached hydrogens (primary N) is 1. The van der Waals surface area contributed by atoms with Crippen LogP contribution in [-0.4, -0.2) is 38.9 Å². The maximum atomic E-state index is 11.7. The molecular formula is C14H21ClN2O4. The molecule has 0 spiro atoms. The number of fused-ring (bicyclic) bond motifs is 1. The van der Waals surface area contributed by atoms with Gasteiger partial charge in [-0.25, -0.2) is 0 Å². The molecular weight excluding hydrogens is 296 g/mol. The third-order valence-electron chi connectivity index (χ3n) is 3.11. The van der Waals surface area contributed by atoms with Crippen molar-refractivity contribution in [3.8, 4) is 11.5 Å². The smallest absolute Gasteiger partial charge is 0.222 e. The molecule has 118 valence electrons. The van der Waals surface area contributed by atoms with E-state index in [2.05, 4.69) is 5.32 Å². The summed E-state index contributed by atoms with van der Waals surface area (Å²) in [6.07, 6.45) is 0.0210. The summed E-state index contributed by atoms with van der Waals surface area (Å²) in [5.74, 6) is 1.38. The van der Waals surface area contributed by atoms with E-state index in [1.54, 1.807) is 7.11 Å². The van der Waals surface area contributed by atoms with E-state index in [1.165, 1.54) is 0 Å². The Labute approximate surface area is 130 Å². The second kappa shape index (κ2) is 8.71. The number of hydrogen-bond acceptors (Lipinski definition) is 5. The molecule has 2 rings (SSSR count). The van der Waals surface area contributed by atoms with Gasteiger partial charge in [0.2, 0.25) is 5.91 Å². The lowest BCUT2D eigenvalue weighted by molar-refractivity contribution is -0.123. The van der Waals surface area contributed by atoms with Gasteiger partial charge in [-0.2, -0.15) is 0 Å². The van der Waals surface area contributed by atoms with E-state index in [0.717, 1.165) is 17.1 Å². The molecule has 0 saturated carbocycles. The van der Waals surface area contributed by atoms with Crippen LogP contribution in [0, 0.1) is 0 Å². The van der Waals surface area contributed by atoms with Crippen LogP contribution in [0.25, 0.3) is 0 Å². The SMILES string of the molecule is COC(CN)CC(=O)NCc1ccc2c(c1)OCCO2.Cl.